The second-order valence-corrected chi connectivity index (χ2v) is 5.24. The number of hydrogen-bond acceptors (Lipinski definition) is 1. The molecule has 2 atom stereocenters. The Kier molecular flexibility index (Phi) is 4.34. The molecule has 1 aromatic carbocycles. The quantitative estimate of drug-likeness (QED) is 0.876. The van der Waals surface area contributed by atoms with E-state index in [-0.39, 0.29) is 11.7 Å². The first-order valence-electron chi connectivity index (χ1n) is 6.69. The zero-order valence-electron chi connectivity index (χ0n) is 10.8. The highest BCUT2D eigenvalue weighted by atomic mass is 19.1. The van der Waals surface area contributed by atoms with Gasteiger partial charge in [-0.2, -0.15) is 0 Å². The minimum Gasteiger partial charge on any atom is -0.353 e. The number of carbonyl (C=O) groups is 1. The Bertz CT molecular complexity index is 401. The summed E-state index contributed by atoms with van der Waals surface area (Å²) in [5.41, 5.74) is 0.859. The normalized spacial score (nSPS) is 23.7. The summed E-state index contributed by atoms with van der Waals surface area (Å²) in [6.45, 7) is 2.20. The van der Waals surface area contributed by atoms with Crippen LogP contribution < -0.4 is 5.32 Å². The molecule has 0 spiro atoms. The summed E-state index contributed by atoms with van der Waals surface area (Å²) in [7, 11) is 0. The summed E-state index contributed by atoms with van der Waals surface area (Å²) in [6.07, 6.45) is 5.08. The summed E-state index contributed by atoms with van der Waals surface area (Å²) in [5.74, 6) is 0.344. The summed E-state index contributed by atoms with van der Waals surface area (Å²) >= 11 is 0. The van der Waals surface area contributed by atoms with E-state index in [1.165, 1.54) is 31.4 Å². The number of benzene rings is 1. The lowest BCUT2D eigenvalue weighted by Crippen LogP contribution is -2.41. The van der Waals surface area contributed by atoms with Crippen LogP contribution in [0.2, 0.25) is 0 Å². The van der Waals surface area contributed by atoms with E-state index in [0.29, 0.717) is 18.4 Å². The Morgan fingerprint density at radius 3 is 2.61 bits per heavy atom. The van der Waals surface area contributed by atoms with Gasteiger partial charge < -0.3 is 5.32 Å². The lowest BCUT2D eigenvalue weighted by atomic mass is 9.86. The number of carbonyl (C=O) groups excluding carboxylic acids is 1. The molecule has 2 unspecified atom stereocenters. The van der Waals surface area contributed by atoms with Gasteiger partial charge in [-0.05, 0) is 36.5 Å². The molecule has 0 aromatic heterocycles. The molecule has 0 radical (unpaired) electrons. The van der Waals surface area contributed by atoms with Crippen LogP contribution in [0, 0.1) is 11.7 Å². The molecule has 1 aromatic rings. The van der Waals surface area contributed by atoms with Crippen molar-refractivity contribution >= 4 is 5.91 Å². The minimum absolute atomic E-state index is 0.0420. The van der Waals surface area contributed by atoms with Gasteiger partial charge in [0.15, 0.2) is 0 Å². The number of halogens is 1. The van der Waals surface area contributed by atoms with Crippen LogP contribution in [0.3, 0.4) is 0 Å². The molecule has 1 aliphatic rings. The number of hydrogen-bond donors (Lipinski definition) is 1. The summed E-state index contributed by atoms with van der Waals surface area (Å²) in [4.78, 5) is 11.9. The van der Waals surface area contributed by atoms with E-state index in [1.54, 1.807) is 12.1 Å². The Hall–Kier alpha value is -1.38. The molecular weight excluding hydrogens is 229 g/mol. The molecular formula is C15H20FNO. The van der Waals surface area contributed by atoms with Gasteiger partial charge in [-0.15, -0.1) is 0 Å². The summed E-state index contributed by atoms with van der Waals surface area (Å²) in [5, 5.41) is 3.10. The van der Waals surface area contributed by atoms with Gasteiger partial charge in [0.1, 0.15) is 5.82 Å². The molecule has 0 heterocycles. The molecule has 0 aliphatic heterocycles. The van der Waals surface area contributed by atoms with E-state index in [4.69, 9.17) is 0 Å². The maximum Gasteiger partial charge on any atom is 0.224 e. The van der Waals surface area contributed by atoms with Crippen molar-refractivity contribution in [3.8, 4) is 0 Å². The lowest BCUT2D eigenvalue weighted by molar-refractivity contribution is -0.121. The third-order valence-electron chi connectivity index (χ3n) is 3.74. The molecule has 1 aliphatic carbocycles. The first kappa shape index (κ1) is 13.1. The fourth-order valence-corrected chi connectivity index (χ4v) is 2.58. The number of nitrogens with one attached hydrogen (secondary N) is 1. The van der Waals surface area contributed by atoms with Crippen molar-refractivity contribution in [1.82, 2.24) is 5.32 Å². The maximum absolute atomic E-state index is 12.7. The zero-order valence-corrected chi connectivity index (χ0v) is 10.8. The molecule has 18 heavy (non-hydrogen) atoms. The van der Waals surface area contributed by atoms with Gasteiger partial charge in [-0.3, -0.25) is 4.79 Å². The van der Waals surface area contributed by atoms with Crippen molar-refractivity contribution < 1.29 is 9.18 Å². The molecule has 1 fully saturated rings. The topological polar surface area (TPSA) is 29.1 Å². The second kappa shape index (κ2) is 5.98. The molecule has 2 nitrogen and oxygen atoms in total. The monoisotopic (exact) mass is 249 g/mol. The second-order valence-electron chi connectivity index (χ2n) is 5.24. The molecule has 2 rings (SSSR count). The Labute approximate surface area is 108 Å². The van der Waals surface area contributed by atoms with Gasteiger partial charge in [-0.25, -0.2) is 4.39 Å². The van der Waals surface area contributed by atoms with Gasteiger partial charge in [0.25, 0.3) is 0 Å². The van der Waals surface area contributed by atoms with E-state index in [9.17, 15) is 9.18 Å². The van der Waals surface area contributed by atoms with Crippen LogP contribution in [0.1, 0.15) is 38.2 Å². The van der Waals surface area contributed by atoms with Crippen LogP contribution in [0.25, 0.3) is 0 Å². The van der Waals surface area contributed by atoms with Gasteiger partial charge >= 0.3 is 0 Å². The van der Waals surface area contributed by atoms with E-state index >= 15 is 0 Å². The first-order chi connectivity index (χ1) is 8.65. The summed E-state index contributed by atoms with van der Waals surface area (Å²) in [6, 6.07) is 6.43. The Morgan fingerprint density at radius 1 is 1.28 bits per heavy atom. The van der Waals surface area contributed by atoms with Gasteiger partial charge in [-0.1, -0.05) is 31.9 Å². The number of amides is 1. The Balaban J connectivity index is 1.86. The van der Waals surface area contributed by atoms with Crippen LogP contribution in [0.15, 0.2) is 24.3 Å². The molecule has 98 valence electrons. The summed E-state index contributed by atoms with van der Waals surface area (Å²) < 4.78 is 12.7. The fraction of sp³-hybridized carbons (Fsp3) is 0.533. The standard InChI is InChI=1S/C15H20FNO/c1-11-4-2-3-5-14(11)17-15(18)10-12-6-8-13(16)9-7-12/h6-9,11,14H,2-5,10H2,1H3,(H,17,18). The lowest BCUT2D eigenvalue weighted by Gasteiger charge is -2.29. The van der Waals surface area contributed by atoms with Crippen LogP contribution in [0.5, 0.6) is 0 Å². The van der Waals surface area contributed by atoms with Crippen LogP contribution in [-0.4, -0.2) is 11.9 Å². The highest BCUT2D eigenvalue weighted by Gasteiger charge is 2.22. The van der Waals surface area contributed by atoms with Gasteiger partial charge in [0.05, 0.1) is 6.42 Å². The molecule has 0 bridgehead atoms. The van der Waals surface area contributed by atoms with E-state index in [2.05, 4.69) is 12.2 Å². The minimum atomic E-state index is -0.264. The zero-order chi connectivity index (χ0) is 13.0. The predicted octanol–water partition coefficient (Wildman–Crippen LogP) is 3.06. The van der Waals surface area contributed by atoms with Crippen LogP contribution in [-0.2, 0) is 11.2 Å². The van der Waals surface area contributed by atoms with Crippen molar-refractivity contribution in [2.45, 2.75) is 45.1 Å². The maximum atomic E-state index is 12.7. The van der Waals surface area contributed by atoms with E-state index < -0.39 is 0 Å². The molecule has 3 heteroatoms. The highest BCUT2D eigenvalue weighted by Crippen LogP contribution is 2.23. The molecule has 0 saturated heterocycles. The highest BCUT2D eigenvalue weighted by molar-refractivity contribution is 5.78. The van der Waals surface area contributed by atoms with Crippen LogP contribution in [0.4, 0.5) is 4.39 Å². The first-order valence-corrected chi connectivity index (χ1v) is 6.69. The molecule has 1 amide bonds. The largest absolute Gasteiger partial charge is 0.353 e. The van der Waals surface area contributed by atoms with Crippen molar-refractivity contribution in [3.05, 3.63) is 35.6 Å². The van der Waals surface area contributed by atoms with E-state index in [1.807, 2.05) is 0 Å². The van der Waals surface area contributed by atoms with Crippen molar-refractivity contribution in [3.63, 3.8) is 0 Å². The fourth-order valence-electron chi connectivity index (χ4n) is 2.58. The third kappa shape index (κ3) is 3.56. The predicted molar refractivity (Wildman–Crippen MR) is 69.7 cm³/mol. The number of rotatable bonds is 3. The average molecular weight is 249 g/mol. The molecule has 1 saturated carbocycles. The van der Waals surface area contributed by atoms with Crippen molar-refractivity contribution in [2.75, 3.05) is 0 Å². The van der Waals surface area contributed by atoms with Crippen molar-refractivity contribution in [1.29, 1.82) is 0 Å². The van der Waals surface area contributed by atoms with Gasteiger partial charge in [0, 0.05) is 6.04 Å². The average Bonchev–Trinajstić information content (AvgIpc) is 2.35. The Morgan fingerprint density at radius 2 is 1.94 bits per heavy atom. The third-order valence-corrected chi connectivity index (χ3v) is 3.74. The van der Waals surface area contributed by atoms with E-state index in [0.717, 1.165) is 12.0 Å². The van der Waals surface area contributed by atoms with Gasteiger partial charge in [0.2, 0.25) is 5.91 Å². The SMILES string of the molecule is CC1CCCCC1NC(=O)Cc1ccc(F)cc1. The van der Waals surface area contributed by atoms with Crippen molar-refractivity contribution in [2.24, 2.45) is 5.92 Å². The smallest absolute Gasteiger partial charge is 0.224 e. The molecule has 1 N–H and O–H groups in total. The van der Waals surface area contributed by atoms with Crippen LogP contribution >= 0.6 is 0 Å².